The van der Waals surface area contributed by atoms with Gasteiger partial charge < -0.3 is 10.6 Å². The molecule has 0 aliphatic carbocycles. The summed E-state index contributed by atoms with van der Waals surface area (Å²) in [7, 11) is 0. The molecule has 16 heavy (non-hydrogen) atoms. The van der Waals surface area contributed by atoms with Crippen LogP contribution in [0.4, 0.5) is 0 Å². The van der Waals surface area contributed by atoms with Gasteiger partial charge in [-0.25, -0.2) is 0 Å². The average molecular weight is 292 g/mol. The van der Waals surface area contributed by atoms with E-state index in [0.29, 0.717) is 6.17 Å². The van der Waals surface area contributed by atoms with Gasteiger partial charge in [-0.05, 0) is 19.0 Å². The first-order chi connectivity index (χ1) is 7.16. The Hall–Kier alpha value is 0.244. The van der Waals surface area contributed by atoms with Crippen LogP contribution in [0.1, 0.15) is 29.8 Å². The molecule has 1 aliphatic heterocycles. The molecular weight excluding hydrogens is 273 g/mol. The monoisotopic (exact) mass is 292 g/mol. The summed E-state index contributed by atoms with van der Waals surface area (Å²) in [6.07, 6.45) is 0.303. The minimum absolute atomic E-state index is 0. The summed E-state index contributed by atoms with van der Waals surface area (Å²) in [6, 6.07) is 7.63. The van der Waals surface area contributed by atoms with Gasteiger partial charge in [-0.2, -0.15) is 29.3 Å². The van der Waals surface area contributed by atoms with Crippen molar-refractivity contribution in [2.24, 2.45) is 5.92 Å². The van der Waals surface area contributed by atoms with Crippen LogP contribution in [0.3, 0.4) is 0 Å². The third kappa shape index (κ3) is 3.37. The molecule has 1 aromatic rings. The molecule has 0 saturated carbocycles. The number of hydrogen-bond donors (Lipinski definition) is 2. The zero-order valence-corrected chi connectivity index (χ0v) is 13.1. The Kier molecular flexibility index (Phi) is 5.59. The summed E-state index contributed by atoms with van der Waals surface area (Å²) < 4.78 is 0. The van der Waals surface area contributed by atoms with E-state index in [2.05, 4.69) is 49.6 Å². The minimum Gasteiger partial charge on any atom is -0.308 e. The quantitative estimate of drug-likeness (QED) is 0.773. The summed E-state index contributed by atoms with van der Waals surface area (Å²) in [4.78, 5) is 0. The van der Waals surface area contributed by atoms with E-state index in [1.807, 2.05) is 0 Å². The van der Waals surface area contributed by atoms with Gasteiger partial charge >= 0.3 is 0 Å². The molecule has 2 nitrogen and oxygen atoms in total. The van der Waals surface area contributed by atoms with Gasteiger partial charge in [0.2, 0.25) is 0 Å². The van der Waals surface area contributed by atoms with E-state index in [0.717, 1.165) is 19.0 Å². The second-order valence-corrected chi connectivity index (χ2v) is 4.60. The summed E-state index contributed by atoms with van der Waals surface area (Å²) in [6.45, 7) is 8.67. The molecule has 1 aromatic carbocycles. The molecule has 1 aliphatic rings. The molecule has 1 heterocycles. The van der Waals surface area contributed by atoms with Crippen molar-refractivity contribution < 1.29 is 32.7 Å². The largest absolute Gasteiger partial charge is 0.308 e. The van der Waals surface area contributed by atoms with Crippen LogP contribution in [0.2, 0.25) is 0 Å². The number of nitrogens with one attached hydrogen (secondary N) is 2. The average Bonchev–Trinajstić information content (AvgIpc) is 2.23. The first-order valence-corrected chi connectivity index (χ1v) is 5.62. The molecule has 2 rings (SSSR count). The first-order valence-electron chi connectivity index (χ1n) is 5.62. The fraction of sp³-hybridized carbons (Fsp3) is 0.538. The molecule has 0 amide bonds. The topological polar surface area (TPSA) is 24.1 Å². The molecule has 1 radical (unpaired) electrons. The van der Waals surface area contributed by atoms with Gasteiger partial charge in [0.1, 0.15) is 0 Å². The SMILES string of the molecule is Cc1[c-]cc(C2NCC(C)CN2)cc1C.[Y]. The van der Waals surface area contributed by atoms with Gasteiger partial charge in [-0.15, -0.1) is 5.56 Å². The Morgan fingerprint density at radius 3 is 2.44 bits per heavy atom. The van der Waals surface area contributed by atoms with E-state index in [9.17, 15) is 0 Å². The standard InChI is InChI=1S/C13H19N2.Y/c1-9-7-14-13(15-8-9)12-5-4-10(2)11(3)6-12;/h5-6,9,13-15H,7-8H2,1-3H3;/q-1;. The third-order valence-electron chi connectivity index (χ3n) is 3.10. The second kappa shape index (κ2) is 6.25. The third-order valence-corrected chi connectivity index (χ3v) is 3.10. The molecule has 0 atom stereocenters. The van der Waals surface area contributed by atoms with E-state index in [-0.39, 0.29) is 32.7 Å². The van der Waals surface area contributed by atoms with Crippen molar-refractivity contribution in [2.45, 2.75) is 26.9 Å². The van der Waals surface area contributed by atoms with Gasteiger partial charge in [0, 0.05) is 38.9 Å². The van der Waals surface area contributed by atoms with Gasteiger partial charge in [0.05, 0.1) is 0 Å². The second-order valence-electron chi connectivity index (χ2n) is 4.60. The fourth-order valence-electron chi connectivity index (χ4n) is 1.89. The first kappa shape index (κ1) is 14.3. The molecule has 0 aromatic heterocycles. The zero-order chi connectivity index (χ0) is 10.8. The Labute approximate surface area is 123 Å². The van der Waals surface area contributed by atoms with E-state index in [4.69, 9.17) is 0 Å². The molecule has 1 saturated heterocycles. The maximum absolute atomic E-state index is 3.50. The predicted octanol–water partition coefficient (Wildman–Crippen LogP) is 1.93. The molecule has 3 heteroatoms. The van der Waals surface area contributed by atoms with Crippen LogP contribution < -0.4 is 10.6 Å². The van der Waals surface area contributed by atoms with Gasteiger partial charge in [0.15, 0.2) is 0 Å². The van der Waals surface area contributed by atoms with Crippen LogP contribution >= 0.6 is 0 Å². The van der Waals surface area contributed by atoms with Crippen LogP contribution in [0.5, 0.6) is 0 Å². The molecule has 2 N–H and O–H groups in total. The predicted molar refractivity (Wildman–Crippen MR) is 62.7 cm³/mol. The number of aryl methyl sites for hydroxylation is 2. The molecule has 85 valence electrons. The summed E-state index contributed by atoms with van der Waals surface area (Å²) in [5, 5.41) is 7.00. The summed E-state index contributed by atoms with van der Waals surface area (Å²) >= 11 is 0. The van der Waals surface area contributed by atoms with Crippen LogP contribution in [0, 0.1) is 25.8 Å². The van der Waals surface area contributed by atoms with E-state index in [1.54, 1.807) is 0 Å². The van der Waals surface area contributed by atoms with Crippen molar-refractivity contribution in [2.75, 3.05) is 13.1 Å². The van der Waals surface area contributed by atoms with Gasteiger partial charge in [-0.1, -0.05) is 20.8 Å². The normalized spacial score (nSPS) is 24.9. The smallest absolute Gasteiger partial charge is 0.0364 e. The molecule has 0 bridgehead atoms. The van der Waals surface area contributed by atoms with Crippen LogP contribution in [-0.2, 0) is 32.7 Å². The maximum atomic E-state index is 3.50. The fourth-order valence-corrected chi connectivity index (χ4v) is 1.89. The van der Waals surface area contributed by atoms with Crippen molar-refractivity contribution in [3.8, 4) is 0 Å². The number of hydrogen-bond acceptors (Lipinski definition) is 2. The Morgan fingerprint density at radius 1 is 1.25 bits per heavy atom. The Bertz CT molecular complexity index is 344. The Balaban J connectivity index is 0.00000128. The maximum Gasteiger partial charge on any atom is 0.0364 e. The van der Waals surface area contributed by atoms with Gasteiger partial charge in [-0.3, -0.25) is 0 Å². The molecular formula is C13H19N2Y-. The van der Waals surface area contributed by atoms with Crippen molar-refractivity contribution in [3.63, 3.8) is 0 Å². The van der Waals surface area contributed by atoms with Crippen LogP contribution in [0.15, 0.2) is 12.1 Å². The van der Waals surface area contributed by atoms with E-state index in [1.165, 1.54) is 16.7 Å². The number of rotatable bonds is 1. The van der Waals surface area contributed by atoms with Gasteiger partial charge in [0.25, 0.3) is 0 Å². The summed E-state index contributed by atoms with van der Waals surface area (Å²) in [5.41, 5.74) is 3.85. The molecule has 0 unspecified atom stereocenters. The van der Waals surface area contributed by atoms with Crippen molar-refractivity contribution >= 4 is 0 Å². The summed E-state index contributed by atoms with van der Waals surface area (Å²) in [5.74, 6) is 0.719. The van der Waals surface area contributed by atoms with E-state index < -0.39 is 0 Å². The van der Waals surface area contributed by atoms with Crippen LogP contribution in [0.25, 0.3) is 0 Å². The minimum atomic E-state index is 0. The zero-order valence-electron chi connectivity index (χ0n) is 10.3. The van der Waals surface area contributed by atoms with Crippen molar-refractivity contribution in [3.05, 3.63) is 34.9 Å². The van der Waals surface area contributed by atoms with Crippen molar-refractivity contribution in [1.82, 2.24) is 10.6 Å². The van der Waals surface area contributed by atoms with Crippen molar-refractivity contribution in [1.29, 1.82) is 0 Å². The van der Waals surface area contributed by atoms with E-state index >= 15 is 0 Å². The van der Waals surface area contributed by atoms with Crippen LogP contribution in [-0.4, -0.2) is 13.1 Å². The number of benzene rings is 1. The molecule has 0 spiro atoms. The molecule has 1 fully saturated rings. The Morgan fingerprint density at radius 2 is 1.88 bits per heavy atom.